The zero-order valence-corrected chi connectivity index (χ0v) is 25.6. The monoisotopic (exact) mass is 634 g/mol. The van der Waals surface area contributed by atoms with Crippen LogP contribution in [0.3, 0.4) is 0 Å². The average Bonchev–Trinajstić information content (AvgIpc) is 3.37. The molecule has 0 aliphatic carbocycles. The van der Waals surface area contributed by atoms with E-state index in [1.807, 2.05) is 10.6 Å². The molecular weight excluding hydrogens is 592 g/mol. The molecule has 10 amide bonds. The fourth-order valence-corrected chi connectivity index (χ4v) is 5.20. The van der Waals surface area contributed by atoms with Crippen molar-refractivity contribution in [3.05, 3.63) is 0 Å². The number of likely N-dealkylation sites (tertiary alicyclic amines) is 2. The largest absolute Gasteiger partial charge is 0.344 e. The molecule has 0 aromatic rings. The minimum absolute atomic E-state index is 0.0659. The molecule has 16 heteroatoms. The standard InChI is InChI=1S/C29H42N6O10/c1-18-14-24(40)34(28(18)44)12-5-3-8-20(26(42)30-16-36)32-22(38)10-7-11-23(39)33-21(27(43)31-17-37)9-4-6-13-35-25(41)15-19(2)29(35)45/h16-21H,3-15H2,1-2H3,(H,32,38)(H,33,39)(H,30,36,42)(H,31,37,43). The Hall–Kier alpha value is -4.50. The lowest BCUT2D eigenvalue weighted by molar-refractivity contribution is -0.140. The zero-order valence-electron chi connectivity index (χ0n) is 25.6. The Morgan fingerprint density at radius 3 is 1.36 bits per heavy atom. The van der Waals surface area contributed by atoms with Crippen molar-refractivity contribution in [2.75, 3.05) is 13.1 Å². The highest BCUT2D eigenvalue weighted by atomic mass is 16.2. The number of amides is 10. The van der Waals surface area contributed by atoms with Crippen molar-refractivity contribution in [2.45, 2.75) is 96.6 Å². The third kappa shape index (κ3) is 11.5. The van der Waals surface area contributed by atoms with Gasteiger partial charge in [-0.05, 0) is 44.9 Å². The van der Waals surface area contributed by atoms with Crippen molar-refractivity contribution in [3.63, 3.8) is 0 Å². The van der Waals surface area contributed by atoms with Crippen LogP contribution >= 0.6 is 0 Å². The van der Waals surface area contributed by atoms with Gasteiger partial charge in [-0.3, -0.25) is 68.4 Å². The second-order valence-electron chi connectivity index (χ2n) is 11.3. The highest BCUT2D eigenvalue weighted by Gasteiger charge is 2.36. The first-order chi connectivity index (χ1) is 21.4. The fourth-order valence-electron chi connectivity index (χ4n) is 5.20. The van der Waals surface area contributed by atoms with Gasteiger partial charge in [-0.2, -0.15) is 0 Å². The Kier molecular flexibility index (Phi) is 15.0. The van der Waals surface area contributed by atoms with E-state index < -0.39 is 35.7 Å². The van der Waals surface area contributed by atoms with Gasteiger partial charge in [0.15, 0.2) is 0 Å². The predicted octanol–water partition coefficient (Wildman–Crippen LogP) is -1.20. The van der Waals surface area contributed by atoms with Gasteiger partial charge in [0.05, 0.1) is 0 Å². The van der Waals surface area contributed by atoms with Crippen LogP contribution in [0.4, 0.5) is 0 Å². The van der Waals surface area contributed by atoms with Crippen LogP contribution in [0.15, 0.2) is 0 Å². The first kappa shape index (κ1) is 36.7. The van der Waals surface area contributed by atoms with Crippen LogP contribution < -0.4 is 21.3 Å². The molecule has 4 unspecified atom stereocenters. The van der Waals surface area contributed by atoms with Gasteiger partial charge in [0, 0.05) is 50.6 Å². The first-order valence-corrected chi connectivity index (χ1v) is 15.1. The summed E-state index contributed by atoms with van der Waals surface area (Å²) in [5, 5.41) is 9.05. The van der Waals surface area contributed by atoms with E-state index in [-0.39, 0.29) is 106 Å². The summed E-state index contributed by atoms with van der Waals surface area (Å²) in [5.74, 6) is -4.27. The van der Waals surface area contributed by atoms with E-state index in [1.165, 1.54) is 9.80 Å². The molecule has 2 saturated heterocycles. The molecule has 0 spiro atoms. The summed E-state index contributed by atoms with van der Waals surface area (Å²) in [6.45, 7) is 3.73. The molecular formula is C29H42N6O10. The third-order valence-corrected chi connectivity index (χ3v) is 7.70. The number of nitrogens with one attached hydrogen (secondary N) is 4. The van der Waals surface area contributed by atoms with Crippen LogP contribution in [0.5, 0.6) is 0 Å². The van der Waals surface area contributed by atoms with E-state index in [0.717, 1.165) is 0 Å². The second-order valence-corrected chi connectivity index (χ2v) is 11.3. The first-order valence-electron chi connectivity index (χ1n) is 15.1. The molecule has 2 aliphatic rings. The van der Waals surface area contributed by atoms with E-state index in [1.54, 1.807) is 13.8 Å². The van der Waals surface area contributed by atoms with Crippen molar-refractivity contribution >= 4 is 60.1 Å². The van der Waals surface area contributed by atoms with Gasteiger partial charge >= 0.3 is 0 Å². The molecule has 0 aromatic heterocycles. The normalized spacial score (nSPS) is 19.2. The number of hydrogen-bond acceptors (Lipinski definition) is 10. The van der Waals surface area contributed by atoms with Gasteiger partial charge in [0.1, 0.15) is 12.1 Å². The van der Waals surface area contributed by atoms with Crippen molar-refractivity contribution in [2.24, 2.45) is 11.8 Å². The number of unbranched alkanes of at least 4 members (excludes halogenated alkanes) is 2. The van der Waals surface area contributed by atoms with E-state index >= 15 is 0 Å². The number of carbonyl (C=O) groups excluding carboxylic acids is 10. The second kappa shape index (κ2) is 18.3. The van der Waals surface area contributed by atoms with Crippen LogP contribution in [0, 0.1) is 11.8 Å². The lowest BCUT2D eigenvalue weighted by Crippen LogP contribution is -2.47. The SMILES string of the molecule is CC1CC(=O)N(CCCCC(NC(=O)CCCC(=O)NC(CCCCN2C(=O)CC(C)C2=O)C(=O)NC=O)C(=O)NC=O)C1=O. The van der Waals surface area contributed by atoms with Crippen molar-refractivity contribution < 1.29 is 47.9 Å². The summed E-state index contributed by atoms with van der Waals surface area (Å²) in [5.41, 5.74) is 0. The molecule has 16 nitrogen and oxygen atoms in total. The van der Waals surface area contributed by atoms with Crippen LogP contribution in [-0.4, -0.2) is 95.1 Å². The Balaban J connectivity index is 1.77. The molecule has 248 valence electrons. The van der Waals surface area contributed by atoms with Gasteiger partial charge in [-0.25, -0.2) is 0 Å². The molecule has 0 aromatic carbocycles. The van der Waals surface area contributed by atoms with Crippen molar-refractivity contribution in [1.29, 1.82) is 0 Å². The Labute approximate surface area is 260 Å². The average molecular weight is 635 g/mol. The minimum Gasteiger partial charge on any atom is -0.344 e. The van der Waals surface area contributed by atoms with Gasteiger partial charge < -0.3 is 10.6 Å². The van der Waals surface area contributed by atoms with Crippen LogP contribution in [0.1, 0.15) is 84.5 Å². The highest BCUT2D eigenvalue weighted by molar-refractivity contribution is 6.04. The van der Waals surface area contributed by atoms with Gasteiger partial charge in [0.25, 0.3) is 0 Å². The predicted molar refractivity (Wildman–Crippen MR) is 155 cm³/mol. The van der Waals surface area contributed by atoms with Crippen LogP contribution in [0.25, 0.3) is 0 Å². The van der Waals surface area contributed by atoms with Gasteiger partial charge in [-0.1, -0.05) is 13.8 Å². The summed E-state index contributed by atoms with van der Waals surface area (Å²) in [7, 11) is 0. The van der Waals surface area contributed by atoms with Gasteiger partial charge in [-0.15, -0.1) is 0 Å². The van der Waals surface area contributed by atoms with Crippen molar-refractivity contribution in [3.8, 4) is 0 Å². The summed E-state index contributed by atoms with van der Waals surface area (Å²) < 4.78 is 0. The molecule has 0 radical (unpaired) electrons. The lowest BCUT2D eigenvalue weighted by Gasteiger charge is -2.19. The molecule has 4 N–H and O–H groups in total. The molecule has 2 heterocycles. The topological polar surface area (TPSA) is 225 Å². The molecule has 2 aliphatic heterocycles. The maximum atomic E-state index is 12.5. The van der Waals surface area contributed by atoms with E-state index in [0.29, 0.717) is 25.7 Å². The number of nitrogens with zero attached hydrogens (tertiary/aromatic N) is 2. The van der Waals surface area contributed by atoms with Gasteiger partial charge in [0.2, 0.25) is 60.1 Å². The fraction of sp³-hybridized carbons (Fsp3) is 0.655. The van der Waals surface area contributed by atoms with Crippen molar-refractivity contribution in [1.82, 2.24) is 31.1 Å². The number of hydrogen-bond donors (Lipinski definition) is 4. The summed E-state index contributed by atoms with van der Waals surface area (Å²) >= 11 is 0. The zero-order chi connectivity index (χ0) is 33.5. The maximum Gasteiger partial charge on any atom is 0.248 e. The Bertz CT molecular complexity index is 1090. The van der Waals surface area contributed by atoms with E-state index in [9.17, 15) is 47.9 Å². The lowest BCUT2D eigenvalue weighted by atomic mass is 10.1. The minimum atomic E-state index is -1.05. The smallest absolute Gasteiger partial charge is 0.248 e. The molecule has 2 rings (SSSR count). The molecule has 0 saturated carbocycles. The number of carbonyl (C=O) groups is 10. The van der Waals surface area contributed by atoms with Crippen LogP contribution in [0.2, 0.25) is 0 Å². The van der Waals surface area contributed by atoms with E-state index in [2.05, 4.69) is 10.6 Å². The number of imide groups is 4. The molecule has 45 heavy (non-hydrogen) atoms. The summed E-state index contributed by atoms with van der Waals surface area (Å²) in [6, 6.07) is -2.10. The third-order valence-electron chi connectivity index (χ3n) is 7.70. The number of rotatable bonds is 20. The van der Waals surface area contributed by atoms with E-state index in [4.69, 9.17) is 0 Å². The quantitative estimate of drug-likeness (QED) is 0.0711. The molecule has 0 bridgehead atoms. The highest BCUT2D eigenvalue weighted by Crippen LogP contribution is 2.20. The Morgan fingerprint density at radius 2 is 1.04 bits per heavy atom. The molecule has 4 atom stereocenters. The molecule has 2 fully saturated rings. The Morgan fingerprint density at radius 1 is 0.667 bits per heavy atom. The van der Waals surface area contributed by atoms with Crippen LogP contribution in [-0.2, 0) is 47.9 Å². The summed E-state index contributed by atoms with van der Waals surface area (Å²) in [4.78, 5) is 121. The summed E-state index contributed by atoms with van der Waals surface area (Å²) in [6.07, 6.45) is 2.32. The maximum absolute atomic E-state index is 12.5.